The van der Waals surface area contributed by atoms with E-state index in [2.05, 4.69) is 0 Å². The zero-order valence-corrected chi connectivity index (χ0v) is 8.50. The minimum absolute atomic E-state index is 0.189. The molecule has 0 amide bonds. The number of hydrogen-bond donors (Lipinski definition) is 1. The molecule has 2 heteroatoms. The van der Waals surface area contributed by atoms with Gasteiger partial charge in [-0.3, -0.25) is 0 Å². The van der Waals surface area contributed by atoms with Crippen LogP contribution in [-0.4, -0.2) is 11.2 Å². The summed E-state index contributed by atoms with van der Waals surface area (Å²) in [4.78, 5) is 0. The summed E-state index contributed by atoms with van der Waals surface area (Å²) in [6, 6.07) is 6.69. The van der Waals surface area contributed by atoms with Crippen molar-refractivity contribution < 1.29 is 9.50 Å². The van der Waals surface area contributed by atoms with E-state index >= 15 is 0 Å². The molecule has 14 heavy (non-hydrogen) atoms. The molecule has 1 aromatic carbocycles. The van der Waals surface area contributed by atoms with Crippen LogP contribution >= 0.6 is 0 Å². The van der Waals surface area contributed by atoms with E-state index in [0.717, 1.165) is 5.57 Å². The van der Waals surface area contributed by atoms with Crippen LogP contribution in [0.2, 0.25) is 0 Å². The van der Waals surface area contributed by atoms with Crippen LogP contribution in [0.3, 0.4) is 0 Å². The van der Waals surface area contributed by atoms with Gasteiger partial charge in [0.05, 0.1) is 6.10 Å². The lowest BCUT2D eigenvalue weighted by atomic mass is 10.0. The summed E-state index contributed by atoms with van der Waals surface area (Å²) in [5.41, 5.74) is 1.65. The average Bonchev–Trinajstić information content (AvgIpc) is 2.07. The molecule has 0 spiro atoms. The number of aliphatic hydroxyl groups excluding tert-OH is 1. The summed E-state index contributed by atoms with van der Waals surface area (Å²) < 4.78 is 13.2. The zero-order chi connectivity index (χ0) is 10.6. The molecule has 1 nitrogen and oxygen atoms in total. The number of rotatable bonds is 3. The highest BCUT2D eigenvalue weighted by atomic mass is 19.1. The van der Waals surface area contributed by atoms with E-state index in [9.17, 15) is 4.39 Å². The fourth-order valence-corrected chi connectivity index (χ4v) is 1.41. The van der Waals surface area contributed by atoms with E-state index in [1.165, 1.54) is 6.07 Å². The van der Waals surface area contributed by atoms with E-state index < -0.39 is 6.10 Å². The molecule has 0 aliphatic heterocycles. The van der Waals surface area contributed by atoms with Gasteiger partial charge in [-0.05, 0) is 31.9 Å². The van der Waals surface area contributed by atoms with Gasteiger partial charge in [0.15, 0.2) is 0 Å². The minimum Gasteiger partial charge on any atom is -0.389 e. The van der Waals surface area contributed by atoms with E-state index in [1.54, 1.807) is 25.1 Å². The third kappa shape index (κ3) is 3.30. The van der Waals surface area contributed by atoms with Gasteiger partial charge in [0, 0.05) is 0 Å². The van der Waals surface area contributed by atoms with Crippen molar-refractivity contribution in [1.29, 1.82) is 0 Å². The summed E-state index contributed by atoms with van der Waals surface area (Å²) in [7, 11) is 0. The Morgan fingerprint density at radius 1 is 1.50 bits per heavy atom. The standard InChI is InChI=1S/C12H15FO/c1-9(7-10(2)14)8-11-5-3-4-6-12(11)13/h3-7,10,14H,8H2,1-2H3/b9-7-. The molecule has 0 heterocycles. The number of aliphatic hydroxyl groups is 1. The van der Waals surface area contributed by atoms with Crippen molar-refractivity contribution in [2.75, 3.05) is 0 Å². The van der Waals surface area contributed by atoms with Crippen molar-refractivity contribution >= 4 is 0 Å². The number of allylic oxidation sites excluding steroid dienone is 1. The van der Waals surface area contributed by atoms with Crippen LogP contribution in [0.15, 0.2) is 35.9 Å². The van der Waals surface area contributed by atoms with Gasteiger partial charge in [0.2, 0.25) is 0 Å². The monoisotopic (exact) mass is 194 g/mol. The average molecular weight is 194 g/mol. The second-order valence-corrected chi connectivity index (χ2v) is 3.52. The Labute approximate surface area is 83.9 Å². The molecule has 1 aromatic rings. The molecular weight excluding hydrogens is 179 g/mol. The Bertz CT molecular complexity index is 329. The van der Waals surface area contributed by atoms with Crippen molar-refractivity contribution in [1.82, 2.24) is 0 Å². The minimum atomic E-state index is -0.471. The summed E-state index contributed by atoms with van der Waals surface area (Å²) in [6.07, 6.45) is 1.81. The molecule has 76 valence electrons. The zero-order valence-electron chi connectivity index (χ0n) is 8.50. The van der Waals surface area contributed by atoms with Crippen LogP contribution in [0, 0.1) is 5.82 Å². The lowest BCUT2D eigenvalue weighted by Crippen LogP contribution is -1.98. The molecule has 1 unspecified atom stereocenters. The van der Waals surface area contributed by atoms with Gasteiger partial charge < -0.3 is 5.11 Å². The third-order valence-corrected chi connectivity index (χ3v) is 1.95. The van der Waals surface area contributed by atoms with Gasteiger partial charge in [0.1, 0.15) is 5.82 Å². The Kier molecular flexibility index (Phi) is 3.84. The fraction of sp³-hybridized carbons (Fsp3) is 0.333. The first-order valence-corrected chi connectivity index (χ1v) is 4.68. The number of halogens is 1. The van der Waals surface area contributed by atoms with Gasteiger partial charge in [-0.15, -0.1) is 0 Å². The maximum absolute atomic E-state index is 13.2. The Morgan fingerprint density at radius 3 is 2.71 bits per heavy atom. The highest BCUT2D eigenvalue weighted by Crippen LogP contribution is 2.12. The van der Waals surface area contributed by atoms with E-state index in [0.29, 0.717) is 12.0 Å². The molecule has 1 rings (SSSR count). The highest BCUT2D eigenvalue weighted by Gasteiger charge is 2.01. The first-order valence-electron chi connectivity index (χ1n) is 4.68. The summed E-state index contributed by atoms with van der Waals surface area (Å²) in [5.74, 6) is -0.189. The van der Waals surface area contributed by atoms with Crippen LogP contribution in [0.4, 0.5) is 4.39 Å². The van der Waals surface area contributed by atoms with Crippen molar-refractivity contribution in [2.45, 2.75) is 26.4 Å². The van der Waals surface area contributed by atoms with Crippen molar-refractivity contribution in [3.8, 4) is 0 Å². The van der Waals surface area contributed by atoms with Gasteiger partial charge >= 0.3 is 0 Å². The molecule has 0 radical (unpaired) electrons. The molecule has 0 saturated carbocycles. The van der Waals surface area contributed by atoms with E-state index in [4.69, 9.17) is 5.11 Å². The molecule has 1 N–H and O–H groups in total. The van der Waals surface area contributed by atoms with Crippen molar-refractivity contribution in [3.63, 3.8) is 0 Å². The predicted molar refractivity (Wildman–Crippen MR) is 55.5 cm³/mol. The van der Waals surface area contributed by atoms with Crippen LogP contribution in [0.5, 0.6) is 0 Å². The number of hydrogen-bond acceptors (Lipinski definition) is 1. The maximum atomic E-state index is 13.2. The van der Waals surface area contributed by atoms with Crippen LogP contribution in [0.25, 0.3) is 0 Å². The smallest absolute Gasteiger partial charge is 0.126 e. The Morgan fingerprint density at radius 2 is 2.14 bits per heavy atom. The molecular formula is C12H15FO. The van der Waals surface area contributed by atoms with Crippen LogP contribution in [-0.2, 0) is 6.42 Å². The molecule has 1 atom stereocenters. The molecule has 0 bridgehead atoms. The second-order valence-electron chi connectivity index (χ2n) is 3.52. The van der Waals surface area contributed by atoms with Crippen molar-refractivity contribution in [3.05, 3.63) is 47.3 Å². The lowest BCUT2D eigenvalue weighted by molar-refractivity contribution is 0.243. The van der Waals surface area contributed by atoms with Gasteiger partial charge in [-0.25, -0.2) is 4.39 Å². The topological polar surface area (TPSA) is 20.2 Å². The third-order valence-electron chi connectivity index (χ3n) is 1.95. The van der Waals surface area contributed by atoms with E-state index in [1.807, 2.05) is 13.0 Å². The number of benzene rings is 1. The first kappa shape index (κ1) is 10.9. The van der Waals surface area contributed by atoms with Crippen molar-refractivity contribution in [2.24, 2.45) is 0 Å². The van der Waals surface area contributed by atoms with Gasteiger partial charge in [0.25, 0.3) is 0 Å². The van der Waals surface area contributed by atoms with E-state index in [-0.39, 0.29) is 5.82 Å². The maximum Gasteiger partial charge on any atom is 0.126 e. The summed E-state index contributed by atoms with van der Waals surface area (Å²) >= 11 is 0. The quantitative estimate of drug-likeness (QED) is 0.733. The molecule has 0 aliphatic carbocycles. The lowest BCUT2D eigenvalue weighted by Gasteiger charge is -2.04. The van der Waals surface area contributed by atoms with Gasteiger partial charge in [-0.1, -0.05) is 29.8 Å². The molecule has 0 saturated heterocycles. The summed E-state index contributed by atoms with van der Waals surface area (Å²) in [6.45, 7) is 3.57. The first-order chi connectivity index (χ1) is 6.59. The predicted octanol–water partition coefficient (Wildman–Crippen LogP) is 2.70. The Hall–Kier alpha value is -1.15. The normalized spacial score (nSPS) is 14.1. The summed E-state index contributed by atoms with van der Waals surface area (Å²) in [5, 5.41) is 9.10. The van der Waals surface area contributed by atoms with Crippen LogP contribution in [0.1, 0.15) is 19.4 Å². The fourth-order valence-electron chi connectivity index (χ4n) is 1.41. The molecule has 0 aliphatic rings. The Balaban J connectivity index is 2.74. The SMILES string of the molecule is C/C(=C/C(C)O)Cc1ccccc1F. The van der Waals surface area contributed by atoms with Gasteiger partial charge in [-0.2, -0.15) is 0 Å². The molecule has 0 fully saturated rings. The highest BCUT2D eigenvalue weighted by molar-refractivity contribution is 5.23. The molecule has 0 aromatic heterocycles. The van der Waals surface area contributed by atoms with Crippen LogP contribution < -0.4 is 0 Å². The largest absolute Gasteiger partial charge is 0.389 e. The second kappa shape index (κ2) is 4.91.